The first kappa shape index (κ1) is 22.3. The SMILES string of the molecule is CC(=O)N[C@@]12CCNC[C@@H]1[C@@H](c1ccccc1)N(C(=O)c1ccc(OCCCN)cc1)C2. The Morgan fingerprint density at radius 2 is 1.94 bits per heavy atom. The van der Waals surface area contributed by atoms with Crippen LogP contribution in [0.15, 0.2) is 54.6 Å². The zero-order valence-electron chi connectivity index (χ0n) is 18.5. The molecule has 2 aliphatic heterocycles. The third-order valence-corrected chi connectivity index (χ3v) is 6.54. The highest BCUT2D eigenvalue weighted by atomic mass is 16.5. The van der Waals surface area contributed by atoms with Crippen LogP contribution >= 0.6 is 0 Å². The molecular weight excluding hydrogens is 404 g/mol. The molecule has 2 aliphatic rings. The molecule has 170 valence electrons. The summed E-state index contributed by atoms with van der Waals surface area (Å²) >= 11 is 0. The lowest BCUT2D eigenvalue weighted by molar-refractivity contribution is -0.121. The van der Waals surface area contributed by atoms with E-state index in [9.17, 15) is 9.59 Å². The van der Waals surface area contributed by atoms with Gasteiger partial charge in [0.2, 0.25) is 5.91 Å². The number of carbonyl (C=O) groups is 2. The van der Waals surface area contributed by atoms with Crippen molar-refractivity contribution in [2.75, 3.05) is 32.8 Å². The van der Waals surface area contributed by atoms with E-state index >= 15 is 0 Å². The lowest BCUT2D eigenvalue weighted by Crippen LogP contribution is -2.60. The van der Waals surface area contributed by atoms with E-state index in [4.69, 9.17) is 10.5 Å². The van der Waals surface area contributed by atoms with Gasteiger partial charge in [-0.1, -0.05) is 30.3 Å². The molecule has 0 unspecified atom stereocenters. The van der Waals surface area contributed by atoms with Crippen molar-refractivity contribution in [2.24, 2.45) is 11.7 Å². The van der Waals surface area contributed by atoms with Gasteiger partial charge in [0.25, 0.3) is 5.91 Å². The van der Waals surface area contributed by atoms with E-state index in [0.717, 1.165) is 37.2 Å². The zero-order chi connectivity index (χ0) is 22.6. The summed E-state index contributed by atoms with van der Waals surface area (Å²) in [5.74, 6) is 0.720. The number of ether oxygens (including phenoxy) is 1. The Morgan fingerprint density at radius 1 is 1.19 bits per heavy atom. The molecule has 4 N–H and O–H groups in total. The maximum atomic E-state index is 13.7. The summed E-state index contributed by atoms with van der Waals surface area (Å²) < 4.78 is 5.67. The number of hydrogen-bond donors (Lipinski definition) is 3. The van der Waals surface area contributed by atoms with Gasteiger partial charge in [-0.3, -0.25) is 9.59 Å². The quantitative estimate of drug-likeness (QED) is 0.578. The molecule has 2 amide bonds. The summed E-state index contributed by atoms with van der Waals surface area (Å²) in [6.45, 7) is 4.75. The molecule has 2 saturated heterocycles. The first-order valence-electron chi connectivity index (χ1n) is 11.3. The number of carbonyl (C=O) groups excluding carboxylic acids is 2. The molecule has 7 nitrogen and oxygen atoms in total. The highest BCUT2D eigenvalue weighted by Crippen LogP contribution is 2.46. The van der Waals surface area contributed by atoms with E-state index in [1.807, 2.05) is 47.4 Å². The third kappa shape index (κ3) is 4.49. The minimum Gasteiger partial charge on any atom is -0.494 e. The van der Waals surface area contributed by atoms with Gasteiger partial charge in [-0.2, -0.15) is 0 Å². The first-order valence-corrected chi connectivity index (χ1v) is 11.3. The molecule has 0 bridgehead atoms. The van der Waals surface area contributed by atoms with Gasteiger partial charge < -0.3 is 26.0 Å². The molecule has 4 rings (SSSR count). The Labute approximate surface area is 189 Å². The van der Waals surface area contributed by atoms with E-state index in [-0.39, 0.29) is 23.8 Å². The van der Waals surface area contributed by atoms with Crippen molar-refractivity contribution in [1.82, 2.24) is 15.5 Å². The number of piperidine rings is 1. The minimum absolute atomic E-state index is 0.0357. The molecule has 0 aliphatic carbocycles. The van der Waals surface area contributed by atoms with Gasteiger partial charge >= 0.3 is 0 Å². The van der Waals surface area contributed by atoms with Crippen LogP contribution in [0.3, 0.4) is 0 Å². The van der Waals surface area contributed by atoms with Crippen molar-refractivity contribution >= 4 is 11.8 Å². The number of nitrogens with two attached hydrogens (primary N) is 1. The summed E-state index contributed by atoms with van der Waals surface area (Å²) in [5.41, 5.74) is 6.78. The summed E-state index contributed by atoms with van der Waals surface area (Å²) in [6, 6.07) is 17.3. The summed E-state index contributed by atoms with van der Waals surface area (Å²) in [5, 5.41) is 6.70. The van der Waals surface area contributed by atoms with Gasteiger partial charge in [0.1, 0.15) is 5.75 Å². The smallest absolute Gasteiger partial charge is 0.254 e. The predicted octanol–water partition coefficient (Wildman–Crippen LogP) is 2.10. The third-order valence-electron chi connectivity index (χ3n) is 6.54. The fourth-order valence-corrected chi connectivity index (χ4v) is 5.12. The molecule has 2 fully saturated rings. The molecule has 0 spiro atoms. The summed E-state index contributed by atoms with van der Waals surface area (Å²) in [4.78, 5) is 27.8. The van der Waals surface area contributed by atoms with Gasteiger partial charge in [-0.25, -0.2) is 0 Å². The number of fused-ring (bicyclic) bond motifs is 1. The minimum atomic E-state index is -0.432. The number of hydrogen-bond acceptors (Lipinski definition) is 5. The van der Waals surface area contributed by atoms with Crippen LogP contribution in [0.2, 0.25) is 0 Å². The van der Waals surface area contributed by atoms with Crippen LogP contribution in [-0.4, -0.2) is 55.0 Å². The number of likely N-dealkylation sites (tertiary alicyclic amines) is 1. The standard InChI is InChI=1S/C25H32N4O3/c1-18(30)28-25-12-14-27-16-22(25)23(19-6-3-2-4-7-19)29(17-25)24(31)20-8-10-21(11-9-20)32-15-5-13-26/h2-4,6-11,22-23,27H,5,12-17,26H2,1H3,(H,28,30)/t22-,23-,25-/m1/s1. The molecule has 7 heteroatoms. The van der Waals surface area contributed by atoms with E-state index in [1.54, 1.807) is 6.92 Å². The average molecular weight is 437 g/mol. The van der Waals surface area contributed by atoms with Crippen LogP contribution in [0.4, 0.5) is 0 Å². The monoisotopic (exact) mass is 436 g/mol. The molecule has 0 aromatic heterocycles. The number of amides is 2. The number of benzene rings is 2. The first-order chi connectivity index (χ1) is 15.5. The second-order valence-electron chi connectivity index (χ2n) is 8.70. The van der Waals surface area contributed by atoms with Crippen LogP contribution < -0.4 is 21.1 Å². The molecule has 2 aromatic rings. The normalized spacial score (nSPS) is 24.6. The summed E-state index contributed by atoms with van der Waals surface area (Å²) in [7, 11) is 0. The zero-order valence-corrected chi connectivity index (χ0v) is 18.5. The lowest BCUT2D eigenvalue weighted by atomic mass is 9.76. The fourth-order valence-electron chi connectivity index (χ4n) is 5.12. The molecule has 3 atom stereocenters. The Kier molecular flexibility index (Phi) is 6.77. The molecular formula is C25H32N4O3. The van der Waals surface area contributed by atoms with Gasteiger partial charge in [0.15, 0.2) is 0 Å². The van der Waals surface area contributed by atoms with Crippen molar-refractivity contribution in [3.8, 4) is 5.75 Å². The second-order valence-corrected chi connectivity index (χ2v) is 8.70. The largest absolute Gasteiger partial charge is 0.494 e. The Balaban J connectivity index is 1.64. The van der Waals surface area contributed by atoms with Crippen LogP contribution in [0.1, 0.15) is 41.7 Å². The number of nitrogens with one attached hydrogen (secondary N) is 2. The predicted molar refractivity (Wildman–Crippen MR) is 123 cm³/mol. The number of rotatable bonds is 7. The average Bonchev–Trinajstić information content (AvgIpc) is 3.14. The fraction of sp³-hybridized carbons (Fsp3) is 0.440. The maximum absolute atomic E-state index is 13.7. The molecule has 2 aromatic carbocycles. The van der Waals surface area contributed by atoms with Crippen molar-refractivity contribution in [3.63, 3.8) is 0 Å². The van der Waals surface area contributed by atoms with Crippen LogP contribution in [0.5, 0.6) is 5.75 Å². The Hall–Kier alpha value is -2.90. The van der Waals surface area contributed by atoms with E-state index in [0.29, 0.717) is 25.3 Å². The van der Waals surface area contributed by atoms with E-state index < -0.39 is 5.54 Å². The van der Waals surface area contributed by atoms with Crippen LogP contribution in [0.25, 0.3) is 0 Å². The highest BCUT2D eigenvalue weighted by molar-refractivity contribution is 5.95. The van der Waals surface area contributed by atoms with Gasteiger partial charge in [0, 0.05) is 31.5 Å². The molecule has 32 heavy (non-hydrogen) atoms. The van der Waals surface area contributed by atoms with Gasteiger partial charge in [-0.05, 0) is 55.8 Å². The Bertz CT molecular complexity index is 934. The molecule has 0 radical (unpaired) electrons. The van der Waals surface area contributed by atoms with Crippen molar-refractivity contribution in [1.29, 1.82) is 0 Å². The number of nitrogens with zero attached hydrogens (tertiary/aromatic N) is 1. The van der Waals surface area contributed by atoms with Crippen LogP contribution in [-0.2, 0) is 4.79 Å². The van der Waals surface area contributed by atoms with Crippen molar-refractivity contribution < 1.29 is 14.3 Å². The summed E-state index contributed by atoms with van der Waals surface area (Å²) in [6.07, 6.45) is 1.58. The van der Waals surface area contributed by atoms with Crippen molar-refractivity contribution in [2.45, 2.75) is 31.3 Å². The van der Waals surface area contributed by atoms with Gasteiger partial charge in [0.05, 0.1) is 18.2 Å². The van der Waals surface area contributed by atoms with E-state index in [1.165, 1.54) is 0 Å². The lowest BCUT2D eigenvalue weighted by Gasteiger charge is -2.40. The topological polar surface area (TPSA) is 96.7 Å². The molecule has 2 heterocycles. The van der Waals surface area contributed by atoms with Crippen molar-refractivity contribution in [3.05, 3.63) is 65.7 Å². The highest BCUT2D eigenvalue weighted by Gasteiger charge is 2.55. The van der Waals surface area contributed by atoms with Gasteiger partial charge in [-0.15, -0.1) is 0 Å². The maximum Gasteiger partial charge on any atom is 0.254 e. The van der Waals surface area contributed by atoms with E-state index in [2.05, 4.69) is 22.8 Å². The molecule has 0 saturated carbocycles. The van der Waals surface area contributed by atoms with Crippen LogP contribution in [0, 0.1) is 5.92 Å². The second kappa shape index (κ2) is 9.71. The Morgan fingerprint density at radius 3 is 2.62 bits per heavy atom.